The minimum Gasteiger partial charge on any atom is -0.508 e. The van der Waals surface area contributed by atoms with Crippen molar-refractivity contribution in [2.24, 2.45) is 5.16 Å². The first-order chi connectivity index (χ1) is 14.2. The van der Waals surface area contributed by atoms with Gasteiger partial charge >= 0.3 is 0 Å². The molecule has 0 saturated heterocycles. The molecule has 0 saturated carbocycles. The van der Waals surface area contributed by atoms with Crippen LogP contribution in [0.4, 0.5) is 5.69 Å². The summed E-state index contributed by atoms with van der Waals surface area (Å²) in [6, 6.07) is 18.8. The number of phenols is 1. The van der Waals surface area contributed by atoms with Crippen LogP contribution in [0.1, 0.15) is 23.1 Å². The smallest absolute Gasteiger partial charge is 0.268 e. The fourth-order valence-corrected chi connectivity index (χ4v) is 3.20. The number of anilines is 1. The lowest BCUT2D eigenvalue weighted by Gasteiger charge is -2.10. The third-order valence-electron chi connectivity index (χ3n) is 4.85. The van der Waals surface area contributed by atoms with Crippen LogP contribution in [0.2, 0.25) is 0 Å². The van der Waals surface area contributed by atoms with Crippen LogP contribution in [0.25, 0.3) is 0 Å². The zero-order chi connectivity index (χ0) is 20.1. The fourth-order valence-electron chi connectivity index (χ4n) is 3.20. The van der Waals surface area contributed by atoms with E-state index in [1.54, 1.807) is 18.5 Å². The predicted octanol–water partition coefficient (Wildman–Crippen LogP) is 3.70. The van der Waals surface area contributed by atoms with Gasteiger partial charge in [0, 0.05) is 30.1 Å². The number of nitrogens with one attached hydrogen (secondary N) is 1. The van der Waals surface area contributed by atoms with E-state index < -0.39 is 6.10 Å². The Bertz CT molecular complexity index is 1020. The Morgan fingerprint density at radius 3 is 2.66 bits per heavy atom. The van der Waals surface area contributed by atoms with Gasteiger partial charge in [-0.25, -0.2) is 0 Å². The van der Waals surface area contributed by atoms with E-state index in [9.17, 15) is 9.90 Å². The minimum absolute atomic E-state index is 0.227. The van der Waals surface area contributed by atoms with E-state index >= 15 is 0 Å². The molecular formula is C23H21N3O3. The normalized spacial score (nSPS) is 15.4. The molecule has 1 aromatic heterocycles. The van der Waals surface area contributed by atoms with Crippen LogP contribution in [0.3, 0.4) is 0 Å². The summed E-state index contributed by atoms with van der Waals surface area (Å²) >= 11 is 0. The summed E-state index contributed by atoms with van der Waals surface area (Å²) in [5, 5.41) is 16.7. The first-order valence-corrected chi connectivity index (χ1v) is 9.49. The molecule has 3 aromatic rings. The summed E-state index contributed by atoms with van der Waals surface area (Å²) in [5.74, 6) is 0.0930. The standard InChI is InChI=1S/C23H21N3O3/c27-21-6-2-1-4-17(21)10-7-16-8-11-19(12-9-16)25-23(28)22-14-20(26-29-22)18-5-3-13-24-15-18/h1-6,8-9,11-13,15,22,27H,7,10,14H2,(H,25,28). The van der Waals surface area contributed by atoms with Crippen LogP contribution in [0.5, 0.6) is 5.75 Å². The third kappa shape index (κ3) is 4.60. The molecule has 4 rings (SSSR count). The number of benzene rings is 2. The Hall–Kier alpha value is -3.67. The van der Waals surface area contributed by atoms with Gasteiger partial charge in [0.25, 0.3) is 5.91 Å². The zero-order valence-electron chi connectivity index (χ0n) is 15.8. The van der Waals surface area contributed by atoms with Gasteiger partial charge < -0.3 is 15.3 Å². The van der Waals surface area contributed by atoms with Crippen molar-refractivity contribution in [2.75, 3.05) is 5.32 Å². The molecule has 146 valence electrons. The van der Waals surface area contributed by atoms with Crippen molar-refractivity contribution < 1.29 is 14.7 Å². The maximum absolute atomic E-state index is 12.5. The molecule has 1 unspecified atom stereocenters. The number of aromatic hydroxyl groups is 1. The number of rotatable bonds is 6. The number of carbonyl (C=O) groups is 1. The first kappa shape index (κ1) is 18.7. The fraction of sp³-hybridized carbons (Fsp3) is 0.174. The van der Waals surface area contributed by atoms with Crippen LogP contribution >= 0.6 is 0 Å². The molecule has 0 spiro atoms. The number of para-hydroxylation sites is 1. The van der Waals surface area contributed by atoms with Crippen molar-refractivity contribution >= 4 is 17.3 Å². The quantitative estimate of drug-likeness (QED) is 0.675. The van der Waals surface area contributed by atoms with Gasteiger partial charge in [0.1, 0.15) is 5.75 Å². The highest BCUT2D eigenvalue weighted by molar-refractivity contribution is 6.05. The summed E-state index contributed by atoms with van der Waals surface area (Å²) in [7, 11) is 0. The van der Waals surface area contributed by atoms with E-state index in [0.29, 0.717) is 17.9 Å². The summed E-state index contributed by atoms with van der Waals surface area (Å²) in [4.78, 5) is 21.8. The molecule has 1 atom stereocenters. The van der Waals surface area contributed by atoms with Crippen molar-refractivity contribution in [1.82, 2.24) is 4.98 Å². The maximum atomic E-state index is 12.5. The summed E-state index contributed by atoms with van der Waals surface area (Å²) in [6.07, 6.45) is 4.72. The average molecular weight is 387 g/mol. The summed E-state index contributed by atoms with van der Waals surface area (Å²) in [6.45, 7) is 0. The third-order valence-corrected chi connectivity index (χ3v) is 4.85. The average Bonchev–Trinajstić information content (AvgIpc) is 3.25. The van der Waals surface area contributed by atoms with Gasteiger partial charge in [0.2, 0.25) is 6.10 Å². The Balaban J connectivity index is 1.30. The number of aromatic nitrogens is 1. The van der Waals surface area contributed by atoms with Crippen LogP contribution in [0, 0.1) is 0 Å². The number of nitrogens with zero attached hydrogens (tertiary/aromatic N) is 2. The number of oxime groups is 1. The van der Waals surface area contributed by atoms with Crippen LogP contribution in [-0.4, -0.2) is 27.8 Å². The Kier molecular flexibility index (Phi) is 5.52. The van der Waals surface area contributed by atoms with Crippen molar-refractivity contribution in [3.8, 4) is 5.75 Å². The number of hydrogen-bond acceptors (Lipinski definition) is 5. The van der Waals surface area contributed by atoms with Crippen LogP contribution < -0.4 is 5.32 Å². The Morgan fingerprint density at radius 1 is 1.07 bits per heavy atom. The lowest BCUT2D eigenvalue weighted by Crippen LogP contribution is -2.28. The van der Waals surface area contributed by atoms with Crippen molar-refractivity contribution in [3.63, 3.8) is 0 Å². The van der Waals surface area contributed by atoms with Gasteiger partial charge in [0.05, 0.1) is 5.71 Å². The number of aryl methyl sites for hydroxylation is 2. The molecular weight excluding hydrogens is 366 g/mol. The van der Waals surface area contributed by atoms with Crippen molar-refractivity contribution in [1.29, 1.82) is 0 Å². The number of hydrogen-bond donors (Lipinski definition) is 2. The second kappa shape index (κ2) is 8.56. The van der Waals surface area contributed by atoms with E-state index in [1.807, 2.05) is 54.6 Å². The highest BCUT2D eigenvalue weighted by atomic mass is 16.6. The zero-order valence-corrected chi connectivity index (χ0v) is 15.8. The molecule has 2 aromatic carbocycles. The predicted molar refractivity (Wildman–Crippen MR) is 111 cm³/mol. The first-order valence-electron chi connectivity index (χ1n) is 9.49. The highest BCUT2D eigenvalue weighted by Gasteiger charge is 2.29. The number of carbonyl (C=O) groups excluding carboxylic acids is 1. The van der Waals surface area contributed by atoms with E-state index in [1.165, 1.54) is 0 Å². The molecule has 2 N–H and O–H groups in total. The molecule has 1 amide bonds. The molecule has 1 aliphatic rings. The van der Waals surface area contributed by atoms with Gasteiger partial charge in [-0.15, -0.1) is 0 Å². The lowest BCUT2D eigenvalue weighted by molar-refractivity contribution is -0.125. The maximum Gasteiger partial charge on any atom is 0.268 e. The molecule has 0 bridgehead atoms. The Morgan fingerprint density at radius 2 is 1.90 bits per heavy atom. The van der Waals surface area contributed by atoms with Gasteiger partial charge in [0.15, 0.2) is 0 Å². The van der Waals surface area contributed by atoms with E-state index in [2.05, 4.69) is 15.5 Å². The van der Waals surface area contributed by atoms with Gasteiger partial charge in [-0.1, -0.05) is 35.5 Å². The Labute approximate surface area is 168 Å². The molecule has 2 heterocycles. The second-order valence-corrected chi connectivity index (χ2v) is 6.89. The van der Waals surface area contributed by atoms with Gasteiger partial charge in [-0.3, -0.25) is 9.78 Å². The van der Waals surface area contributed by atoms with E-state index in [4.69, 9.17) is 4.84 Å². The van der Waals surface area contributed by atoms with Crippen molar-refractivity contribution in [2.45, 2.75) is 25.4 Å². The molecule has 0 radical (unpaired) electrons. The summed E-state index contributed by atoms with van der Waals surface area (Å²) in [5.41, 5.74) is 4.34. The second-order valence-electron chi connectivity index (χ2n) is 6.89. The highest BCUT2D eigenvalue weighted by Crippen LogP contribution is 2.20. The molecule has 6 heteroatoms. The largest absolute Gasteiger partial charge is 0.508 e. The molecule has 0 fully saturated rings. The molecule has 0 aliphatic carbocycles. The number of phenolic OH excluding ortho intramolecular Hbond substituents is 1. The van der Waals surface area contributed by atoms with Crippen LogP contribution in [0.15, 0.2) is 78.2 Å². The van der Waals surface area contributed by atoms with Gasteiger partial charge in [-0.05, 0) is 54.3 Å². The van der Waals surface area contributed by atoms with E-state index in [0.717, 1.165) is 35.2 Å². The van der Waals surface area contributed by atoms with E-state index in [-0.39, 0.29) is 5.91 Å². The summed E-state index contributed by atoms with van der Waals surface area (Å²) < 4.78 is 0. The molecule has 29 heavy (non-hydrogen) atoms. The lowest BCUT2D eigenvalue weighted by atomic mass is 10.0. The van der Waals surface area contributed by atoms with Crippen LogP contribution in [-0.2, 0) is 22.5 Å². The monoisotopic (exact) mass is 387 g/mol. The van der Waals surface area contributed by atoms with Crippen molar-refractivity contribution in [3.05, 3.63) is 89.7 Å². The number of amides is 1. The number of pyridine rings is 1. The minimum atomic E-state index is -0.647. The molecule has 6 nitrogen and oxygen atoms in total. The van der Waals surface area contributed by atoms with Gasteiger partial charge in [-0.2, -0.15) is 0 Å². The molecule has 1 aliphatic heterocycles. The SMILES string of the molecule is O=C(Nc1ccc(CCc2ccccc2O)cc1)C1CC(c2cccnc2)=NO1. The topological polar surface area (TPSA) is 83.8 Å².